The molecule has 7 heteroatoms. The molecule has 7 nitrogen and oxygen atoms in total. The first-order chi connectivity index (χ1) is 9.26. The Balaban J connectivity index is 2.34. The molecule has 0 spiro atoms. The Morgan fingerprint density at radius 3 is 2.25 bits per heavy atom. The van der Waals surface area contributed by atoms with E-state index in [9.17, 15) is 14.4 Å². The van der Waals surface area contributed by atoms with E-state index in [1.54, 1.807) is 6.07 Å². The lowest BCUT2D eigenvalue weighted by molar-refractivity contribution is 0.244. The van der Waals surface area contributed by atoms with E-state index in [1.807, 2.05) is 20.8 Å². The molecule has 0 radical (unpaired) electrons. The molecule has 2 rings (SSSR count). The van der Waals surface area contributed by atoms with Gasteiger partial charge in [-0.15, -0.1) is 0 Å². The fourth-order valence-corrected chi connectivity index (χ4v) is 1.76. The number of fused-ring (bicyclic) bond motifs is 1. The minimum absolute atomic E-state index is 0.224. The number of benzene rings is 1. The molecule has 0 saturated heterocycles. The third kappa shape index (κ3) is 3.05. The number of aromatic amines is 2. The summed E-state index contributed by atoms with van der Waals surface area (Å²) < 4.78 is 0. The molecule has 0 saturated carbocycles. The fraction of sp³-hybridized carbons (Fsp3) is 0.308. The zero-order valence-corrected chi connectivity index (χ0v) is 11.5. The van der Waals surface area contributed by atoms with Crippen molar-refractivity contribution in [3.63, 3.8) is 0 Å². The first-order valence-corrected chi connectivity index (χ1v) is 6.10. The molecule has 106 valence electrons. The van der Waals surface area contributed by atoms with Crippen LogP contribution in [0.4, 0.5) is 10.5 Å². The highest BCUT2D eigenvalue weighted by molar-refractivity contribution is 5.93. The average molecular weight is 276 g/mol. The van der Waals surface area contributed by atoms with Crippen molar-refractivity contribution in [1.82, 2.24) is 15.5 Å². The Morgan fingerprint density at radius 1 is 1.05 bits per heavy atom. The van der Waals surface area contributed by atoms with Gasteiger partial charge in [-0.2, -0.15) is 0 Å². The molecular formula is C13H16N4O3. The molecule has 2 aromatic rings. The predicted octanol–water partition coefficient (Wildman–Crippen LogP) is 1.14. The highest BCUT2D eigenvalue weighted by atomic mass is 16.2. The van der Waals surface area contributed by atoms with Gasteiger partial charge in [0.1, 0.15) is 0 Å². The number of anilines is 1. The van der Waals surface area contributed by atoms with E-state index in [4.69, 9.17) is 0 Å². The highest BCUT2D eigenvalue weighted by Crippen LogP contribution is 2.13. The van der Waals surface area contributed by atoms with Gasteiger partial charge in [-0.05, 0) is 39.0 Å². The number of H-pyrrole nitrogens is 2. The van der Waals surface area contributed by atoms with E-state index >= 15 is 0 Å². The van der Waals surface area contributed by atoms with Crippen molar-refractivity contribution in [1.29, 1.82) is 0 Å². The Bertz CT molecular complexity index is 768. The number of hydrogen-bond acceptors (Lipinski definition) is 3. The Hall–Kier alpha value is -2.57. The van der Waals surface area contributed by atoms with Gasteiger partial charge >= 0.3 is 6.03 Å². The van der Waals surface area contributed by atoms with Gasteiger partial charge in [0, 0.05) is 11.2 Å². The smallest absolute Gasteiger partial charge is 0.319 e. The molecule has 0 unspecified atom stereocenters. The third-order valence-electron chi connectivity index (χ3n) is 2.54. The summed E-state index contributed by atoms with van der Waals surface area (Å²) in [6.07, 6.45) is 0. The molecule has 0 aliphatic carbocycles. The number of nitrogens with one attached hydrogen (secondary N) is 4. The van der Waals surface area contributed by atoms with E-state index in [1.165, 1.54) is 12.1 Å². The molecule has 20 heavy (non-hydrogen) atoms. The van der Waals surface area contributed by atoms with Crippen molar-refractivity contribution in [3.8, 4) is 0 Å². The first-order valence-electron chi connectivity index (χ1n) is 6.10. The minimum Gasteiger partial charge on any atom is -0.333 e. The summed E-state index contributed by atoms with van der Waals surface area (Å²) in [5.41, 5.74) is -0.727. The summed E-state index contributed by atoms with van der Waals surface area (Å²) in [6.45, 7) is 5.58. The summed E-state index contributed by atoms with van der Waals surface area (Å²) in [7, 11) is 0. The number of urea groups is 1. The topological polar surface area (TPSA) is 107 Å². The van der Waals surface area contributed by atoms with Gasteiger partial charge in [0.2, 0.25) is 0 Å². The number of rotatable bonds is 1. The minimum atomic E-state index is -0.417. The number of carbonyl (C=O) groups is 1. The maximum Gasteiger partial charge on any atom is 0.319 e. The van der Waals surface area contributed by atoms with Crippen LogP contribution >= 0.6 is 0 Å². The second-order valence-electron chi connectivity index (χ2n) is 5.50. The van der Waals surface area contributed by atoms with E-state index < -0.39 is 5.56 Å². The maximum atomic E-state index is 11.7. The van der Waals surface area contributed by atoms with Crippen molar-refractivity contribution in [2.24, 2.45) is 0 Å². The molecule has 1 aromatic carbocycles. The predicted molar refractivity (Wildman–Crippen MR) is 77.1 cm³/mol. The Kier molecular flexibility index (Phi) is 3.35. The number of aromatic nitrogens is 2. The van der Waals surface area contributed by atoms with Gasteiger partial charge in [0.25, 0.3) is 11.1 Å². The molecule has 4 N–H and O–H groups in total. The van der Waals surface area contributed by atoms with Gasteiger partial charge in [-0.1, -0.05) is 0 Å². The van der Waals surface area contributed by atoms with Crippen LogP contribution in [-0.4, -0.2) is 21.8 Å². The lowest BCUT2D eigenvalue weighted by Gasteiger charge is -2.20. The van der Waals surface area contributed by atoms with Crippen LogP contribution in [0.1, 0.15) is 20.8 Å². The lowest BCUT2D eigenvalue weighted by Crippen LogP contribution is -2.43. The normalized spacial score (nSPS) is 11.3. The molecule has 2 amide bonds. The van der Waals surface area contributed by atoms with E-state index in [-0.39, 0.29) is 27.9 Å². The largest absolute Gasteiger partial charge is 0.333 e. The SMILES string of the molecule is CC(C)(C)NC(=O)Nc1ccc2c(=O)[nH][nH]c(=O)c2c1. The zero-order valence-electron chi connectivity index (χ0n) is 11.5. The molecule has 0 bridgehead atoms. The second-order valence-corrected chi connectivity index (χ2v) is 5.50. The van der Waals surface area contributed by atoms with Crippen LogP contribution in [0.5, 0.6) is 0 Å². The molecule has 0 fully saturated rings. The molecule has 1 heterocycles. The lowest BCUT2D eigenvalue weighted by atomic mass is 10.1. The summed E-state index contributed by atoms with van der Waals surface area (Å²) in [5.74, 6) is 0. The average Bonchev–Trinajstić information content (AvgIpc) is 2.31. The fourth-order valence-electron chi connectivity index (χ4n) is 1.76. The molecule has 0 atom stereocenters. The van der Waals surface area contributed by atoms with E-state index in [2.05, 4.69) is 20.8 Å². The van der Waals surface area contributed by atoms with Crippen molar-refractivity contribution >= 4 is 22.5 Å². The molecule has 0 aliphatic rings. The number of amides is 2. The van der Waals surface area contributed by atoms with Crippen LogP contribution in [0.15, 0.2) is 27.8 Å². The van der Waals surface area contributed by atoms with Crippen LogP contribution in [-0.2, 0) is 0 Å². The second kappa shape index (κ2) is 4.84. The van der Waals surface area contributed by atoms with Gasteiger partial charge in [0.05, 0.1) is 10.8 Å². The van der Waals surface area contributed by atoms with Crippen LogP contribution in [0, 0.1) is 0 Å². The van der Waals surface area contributed by atoms with Crippen molar-refractivity contribution in [2.45, 2.75) is 26.3 Å². The van der Waals surface area contributed by atoms with Crippen molar-refractivity contribution < 1.29 is 4.79 Å². The van der Waals surface area contributed by atoms with Gasteiger partial charge < -0.3 is 10.6 Å². The van der Waals surface area contributed by atoms with Crippen molar-refractivity contribution in [3.05, 3.63) is 38.9 Å². The summed E-state index contributed by atoms with van der Waals surface area (Å²) in [4.78, 5) is 34.9. The molecule has 0 aliphatic heterocycles. The Labute approximate surface area is 114 Å². The van der Waals surface area contributed by atoms with E-state index in [0.29, 0.717) is 5.69 Å². The van der Waals surface area contributed by atoms with Gasteiger partial charge in [-0.25, -0.2) is 4.79 Å². The van der Waals surface area contributed by atoms with Crippen LogP contribution in [0.25, 0.3) is 10.8 Å². The standard InChI is InChI=1S/C13H16N4O3/c1-13(2,3)15-12(20)14-7-4-5-8-9(6-7)11(19)17-16-10(8)18/h4-6H,1-3H3,(H,16,18)(H,17,19)(H2,14,15,20). The molecular weight excluding hydrogens is 260 g/mol. The van der Waals surface area contributed by atoms with Crippen LogP contribution in [0.3, 0.4) is 0 Å². The number of carbonyl (C=O) groups excluding carboxylic acids is 1. The summed E-state index contributed by atoms with van der Waals surface area (Å²) in [6, 6.07) is 4.15. The monoisotopic (exact) mass is 276 g/mol. The first kappa shape index (κ1) is 13.9. The highest BCUT2D eigenvalue weighted by Gasteiger charge is 2.14. The Morgan fingerprint density at radius 2 is 1.65 bits per heavy atom. The number of hydrogen-bond donors (Lipinski definition) is 4. The quantitative estimate of drug-likeness (QED) is 0.627. The van der Waals surface area contributed by atoms with Crippen molar-refractivity contribution in [2.75, 3.05) is 5.32 Å². The zero-order chi connectivity index (χ0) is 14.9. The van der Waals surface area contributed by atoms with Gasteiger partial charge in [0.15, 0.2) is 0 Å². The summed E-state index contributed by atoms with van der Waals surface area (Å²) in [5, 5.41) is 10.3. The summed E-state index contributed by atoms with van der Waals surface area (Å²) >= 11 is 0. The maximum absolute atomic E-state index is 11.7. The van der Waals surface area contributed by atoms with Crippen LogP contribution in [0.2, 0.25) is 0 Å². The molecule has 1 aromatic heterocycles. The van der Waals surface area contributed by atoms with Gasteiger partial charge in [-0.3, -0.25) is 19.8 Å². The third-order valence-corrected chi connectivity index (χ3v) is 2.54. The van der Waals surface area contributed by atoms with E-state index in [0.717, 1.165) is 0 Å². The van der Waals surface area contributed by atoms with Crippen LogP contribution < -0.4 is 21.8 Å².